The van der Waals surface area contributed by atoms with Crippen LogP contribution in [0.2, 0.25) is 0 Å². The SMILES string of the molecule is CN(Cc1ccccc1Br)C(=O)Nc1ccc(OC(F)F)cc1. The maximum absolute atomic E-state index is 12.1. The second kappa shape index (κ2) is 7.92. The van der Waals surface area contributed by atoms with Gasteiger partial charge in [-0.1, -0.05) is 34.1 Å². The van der Waals surface area contributed by atoms with Crippen LogP contribution in [0.15, 0.2) is 53.0 Å². The lowest BCUT2D eigenvalue weighted by atomic mass is 10.2. The molecular formula is C16H15BrF2N2O2. The highest BCUT2D eigenvalue weighted by molar-refractivity contribution is 9.10. The van der Waals surface area contributed by atoms with E-state index < -0.39 is 6.61 Å². The molecule has 0 atom stereocenters. The molecule has 122 valence electrons. The van der Waals surface area contributed by atoms with Crippen molar-refractivity contribution in [3.63, 3.8) is 0 Å². The molecule has 0 spiro atoms. The van der Waals surface area contributed by atoms with Crippen molar-refractivity contribution in [1.29, 1.82) is 0 Å². The quantitative estimate of drug-likeness (QED) is 0.810. The topological polar surface area (TPSA) is 41.6 Å². The van der Waals surface area contributed by atoms with Crippen LogP contribution in [0.5, 0.6) is 5.75 Å². The van der Waals surface area contributed by atoms with E-state index in [1.807, 2.05) is 24.3 Å². The average Bonchev–Trinajstić information content (AvgIpc) is 2.51. The molecule has 1 N–H and O–H groups in total. The monoisotopic (exact) mass is 384 g/mol. The Labute approximate surface area is 141 Å². The summed E-state index contributed by atoms with van der Waals surface area (Å²) in [6.07, 6.45) is 0. The molecule has 0 bridgehead atoms. The van der Waals surface area contributed by atoms with Gasteiger partial charge in [0, 0.05) is 23.8 Å². The van der Waals surface area contributed by atoms with Crippen LogP contribution in [0.1, 0.15) is 5.56 Å². The Balaban J connectivity index is 1.94. The van der Waals surface area contributed by atoms with Gasteiger partial charge in [-0.25, -0.2) is 4.79 Å². The first-order valence-electron chi connectivity index (χ1n) is 6.76. The van der Waals surface area contributed by atoms with Crippen molar-refractivity contribution in [2.24, 2.45) is 0 Å². The van der Waals surface area contributed by atoms with Crippen molar-refractivity contribution in [2.75, 3.05) is 12.4 Å². The summed E-state index contributed by atoms with van der Waals surface area (Å²) in [4.78, 5) is 13.7. The van der Waals surface area contributed by atoms with E-state index in [2.05, 4.69) is 26.0 Å². The lowest BCUT2D eigenvalue weighted by Gasteiger charge is -2.19. The summed E-state index contributed by atoms with van der Waals surface area (Å²) in [5.74, 6) is 0.0413. The zero-order valence-corrected chi connectivity index (χ0v) is 13.9. The number of hydrogen-bond acceptors (Lipinski definition) is 2. The number of anilines is 1. The summed E-state index contributed by atoms with van der Waals surface area (Å²) in [6, 6.07) is 13.1. The number of alkyl halides is 2. The molecule has 0 heterocycles. The largest absolute Gasteiger partial charge is 0.435 e. The average molecular weight is 385 g/mol. The molecule has 2 amide bonds. The van der Waals surface area contributed by atoms with Gasteiger partial charge in [-0.15, -0.1) is 0 Å². The zero-order chi connectivity index (χ0) is 16.8. The number of nitrogens with zero attached hydrogens (tertiary/aromatic N) is 1. The Bertz CT molecular complexity index is 665. The van der Waals surface area contributed by atoms with Crippen molar-refractivity contribution in [2.45, 2.75) is 13.2 Å². The molecule has 7 heteroatoms. The van der Waals surface area contributed by atoms with E-state index in [4.69, 9.17) is 0 Å². The number of ether oxygens (including phenoxy) is 1. The van der Waals surface area contributed by atoms with E-state index in [0.29, 0.717) is 12.2 Å². The highest BCUT2D eigenvalue weighted by Crippen LogP contribution is 2.19. The Hall–Kier alpha value is -2.15. The highest BCUT2D eigenvalue weighted by Gasteiger charge is 2.11. The molecule has 2 aromatic rings. The fraction of sp³-hybridized carbons (Fsp3) is 0.188. The molecule has 2 rings (SSSR count). The molecule has 23 heavy (non-hydrogen) atoms. The van der Waals surface area contributed by atoms with Crippen molar-refractivity contribution < 1.29 is 18.3 Å². The Morgan fingerprint density at radius 2 is 1.87 bits per heavy atom. The van der Waals surface area contributed by atoms with E-state index in [1.54, 1.807) is 7.05 Å². The van der Waals surface area contributed by atoms with Gasteiger partial charge in [0.2, 0.25) is 0 Å². The molecule has 0 unspecified atom stereocenters. The van der Waals surface area contributed by atoms with Crippen molar-refractivity contribution in [1.82, 2.24) is 4.90 Å². The summed E-state index contributed by atoms with van der Waals surface area (Å²) in [5.41, 5.74) is 1.47. The van der Waals surface area contributed by atoms with Gasteiger partial charge in [0.15, 0.2) is 0 Å². The van der Waals surface area contributed by atoms with Gasteiger partial charge < -0.3 is 15.0 Å². The van der Waals surface area contributed by atoms with Crippen LogP contribution < -0.4 is 10.1 Å². The van der Waals surface area contributed by atoms with E-state index in [9.17, 15) is 13.6 Å². The highest BCUT2D eigenvalue weighted by atomic mass is 79.9. The van der Waals surface area contributed by atoms with E-state index in [-0.39, 0.29) is 11.8 Å². The summed E-state index contributed by atoms with van der Waals surface area (Å²) in [6.45, 7) is -2.44. The number of nitrogens with one attached hydrogen (secondary N) is 1. The van der Waals surface area contributed by atoms with E-state index in [0.717, 1.165) is 10.0 Å². The van der Waals surface area contributed by atoms with Crippen LogP contribution in [0, 0.1) is 0 Å². The molecule has 2 aromatic carbocycles. The van der Waals surface area contributed by atoms with Gasteiger partial charge in [0.05, 0.1) is 0 Å². The lowest BCUT2D eigenvalue weighted by molar-refractivity contribution is -0.0498. The van der Waals surface area contributed by atoms with Gasteiger partial charge in [0.1, 0.15) is 5.75 Å². The minimum absolute atomic E-state index is 0.0413. The first-order chi connectivity index (χ1) is 11.0. The van der Waals surface area contributed by atoms with Crippen molar-refractivity contribution in [3.8, 4) is 5.75 Å². The predicted octanol–water partition coefficient (Wildman–Crippen LogP) is 4.71. The summed E-state index contributed by atoms with van der Waals surface area (Å²) in [5, 5.41) is 2.69. The van der Waals surface area contributed by atoms with Crippen LogP contribution in [-0.2, 0) is 6.54 Å². The summed E-state index contributed by atoms with van der Waals surface area (Å²) < 4.78 is 29.3. The Kier molecular flexibility index (Phi) is 5.92. The first kappa shape index (κ1) is 17.2. The molecule has 0 aliphatic heterocycles. The van der Waals surface area contributed by atoms with Gasteiger partial charge in [-0.05, 0) is 35.9 Å². The zero-order valence-electron chi connectivity index (χ0n) is 12.3. The maximum atomic E-state index is 12.1. The molecular weight excluding hydrogens is 370 g/mol. The van der Waals surface area contributed by atoms with Gasteiger partial charge >= 0.3 is 12.6 Å². The predicted molar refractivity (Wildman–Crippen MR) is 87.7 cm³/mol. The number of benzene rings is 2. The second-order valence-corrected chi connectivity index (χ2v) is 5.63. The summed E-state index contributed by atoms with van der Waals surface area (Å²) in [7, 11) is 1.67. The minimum Gasteiger partial charge on any atom is -0.435 e. The van der Waals surface area contributed by atoms with Crippen LogP contribution in [0.25, 0.3) is 0 Å². The van der Waals surface area contributed by atoms with E-state index in [1.165, 1.54) is 29.2 Å². The number of halogens is 3. The molecule has 0 aliphatic carbocycles. The fourth-order valence-electron chi connectivity index (χ4n) is 1.89. The number of carbonyl (C=O) groups is 1. The number of rotatable bonds is 5. The lowest BCUT2D eigenvalue weighted by Crippen LogP contribution is -2.30. The molecule has 0 aromatic heterocycles. The number of urea groups is 1. The third-order valence-electron chi connectivity index (χ3n) is 3.04. The Morgan fingerprint density at radius 1 is 1.22 bits per heavy atom. The molecule has 0 aliphatic rings. The standard InChI is InChI=1S/C16H15BrF2N2O2/c1-21(10-11-4-2-3-5-14(11)17)16(22)20-12-6-8-13(9-7-12)23-15(18)19/h2-9,15H,10H2,1H3,(H,20,22). The normalized spacial score (nSPS) is 10.5. The molecule has 0 saturated carbocycles. The van der Waals surface area contributed by atoms with Gasteiger partial charge in [0.25, 0.3) is 0 Å². The summed E-state index contributed by atoms with van der Waals surface area (Å²) >= 11 is 3.43. The van der Waals surface area contributed by atoms with Crippen molar-refractivity contribution in [3.05, 3.63) is 58.6 Å². The van der Waals surface area contributed by atoms with Crippen molar-refractivity contribution >= 4 is 27.6 Å². The third-order valence-corrected chi connectivity index (χ3v) is 3.82. The fourth-order valence-corrected chi connectivity index (χ4v) is 2.30. The number of hydrogen-bond donors (Lipinski definition) is 1. The van der Waals surface area contributed by atoms with E-state index >= 15 is 0 Å². The molecule has 0 saturated heterocycles. The van der Waals surface area contributed by atoms with Gasteiger partial charge in [-0.3, -0.25) is 0 Å². The third kappa shape index (κ3) is 5.21. The minimum atomic E-state index is -2.87. The number of amides is 2. The van der Waals surface area contributed by atoms with Crippen LogP contribution >= 0.6 is 15.9 Å². The molecule has 4 nitrogen and oxygen atoms in total. The molecule has 0 radical (unpaired) electrons. The number of carbonyl (C=O) groups excluding carboxylic acids is 1. The first-order valence-corrected chi connectivity index (χ1v) is 7.55. The maximum Gasteiger partial charge on any atom is 0.387 e. The van der Waals surface area contributed by atoms with Crippen LogP contribution in [-0.4, -0.2) is 24.6 Å². The van der Waals surface area contributed by atoms with Gasteiger partial charge in [-0.2, -0.15) is 8.78 Å². The smallest absolute Gasteiger partial charge is 0.387 e. The Morgan fingerprint density at radius 3 is 2.48 bits per heavy atom. The second-order valence-electron chi connectivity index (χ2n) is 4.78. The molecule has 0 fully saturated rings. The van der Waals surface area contributed by atoms with Crippen LogP contribution in [0.3, 0.4) is 0 Å². The van der Waals surface area contributed by atoms with Crippen LogP contribution in [0.4, 0.5) is 19.3 Å².